The molecule has 122 valence electrons. The summed E-state index contributed by atoms with van der Waals surface area (Å²) in [5.74, 6) is -1.10. The summed E-state index contributed by atoms with van der Waals surface area (Å²) in [5.41, 5.74) is 1.12. The minimum atomic E-state index is -0.504. The quantitative estimate of drug-likeness (QED) is 0.853. The lowest BCUT2D eigenvalue weighted by molar-refractivity contribution is -0.144. The molecule has 0 aliphatic carbocycles. The Labute approximate surface area is 136 Å². The zero-order valence-corrected chi connectivity index (χ0v) is 14.0. The van der Waals surface area contributed by atoms with Gasteiger partial charge in [-0.3, -0.25) is 4.79 Å². The topological polar surface area (TPSA) is 38.3 Å². The molecule has 1 aliphatic heterocycles. The first kappa shape index (κ1) is 17.2. The van der Waals surface area contributed by atoms with Gasteiger partial charge in [0.1, 0.15) is 5.82 Å². The molecule has 0 amide bonds. The number of carbonyl (C=O) groups excluding carboxylic acids is 1. The van der Waals surface area contributed by atoms with Gasteiger partial charge in [0.25, 0.3) is 0 Å². The lowest BCUT2D eigenvalue weighted by Crippen LogP contribution is -2.34. The van der Waals surface area contributed by atoms with Gasteiger partial charge in [0.2, 0.25) is 0 Å². The number of halogens is 2. The van der Waals surface area contributed by atoms with E-state index in [2.05, 4.69) is 5.32 Å². The van der Waals surface area contributed by atoms with E-state index in [1.54, 1.807) is 12.1 Å². The molecule has 1 aliphatic rings. The van der Waals surface area contributed by atoms with Crippen LogP contribution in [-0.4, -0.2) is 26.2 Å². The highest BCUT2D eigenvalue weighted by Gasteiger charge is 2.34. The van der Waals surface area contributed by atoms with Crippen molar-refractivity contribution in [1.82, 2.24) is 5.32 Å². The van der Waals surface area contributed by atoms with E-state index in [4.69, 9.17) is 16.3 Å². The lowest BCUT2D eigenvalue weighted by Gasteiger charge is -2.30. The van der Waals surface area contributed by atoms with Crippen molar-refractivity contribution in [2.45, 2.75) is 38.5 Å². The molecule has 1 aromatic carbocycles. The van der Waals surface area contributed by atoms with Gasteiger partial charge in [-0.05, 0) is 48.9 Å². The molecule has 1 heterocycles. The molecule has 3 nitrogen and oxygen atoms in total. The van der Waals surface area contributed by atoms with Crippen LogP contribution in [0.5, 0.6) is 0 Å². The highest BCUT2D eigenvalue weighted by Crippen LogP contribution is 2.38. The number of esters is 1. The Morgan fingerprint density at radius 1 is 1.32 bits per heavy atom. The van der Waals surface area contributed by atoms with Gasteiger partial charge < -0.3 is 10.1 Å². The van der Waals surface area contributed by atoms with Crippen molar-refractivity contribution in [2.75, 3.05) is 20.2 Å². The van der Waals surface area contributed by atoms with Gasteiger partial charge in [0.05, 0.1) is 18.1 Å². The largest absolute Gasteiger partial charge is 0.469 e. The summed E-state index contributed by atoms with van der Waals surface area (Å²) in [7, 11) is 1.36. The maximum atomic E-state index is 14.5. The normalized spacial score (nSPS) is 17.5. The van der Waals surface area contributed by atoms with Crippen LogP contribution in [0.3, 0.4) is 0 Å². The van der Waals surface area contributed by atoms with E-state index in [9.17, 15) is 9.18 Å². The molecule has 22 heavy (non-hydrogen) atoms. The summed E-state index contributed by atoms with van der Waals surface area (Å²) >= 11 is 6.26. The molecule has 1 N–H and O–H groups in total. The summed E-state index contributed by atoms with van der Waals surface area (Å²) < 4.78 is 19.5. The Morgan fingerprint density at radius 2 is 1.91 bits per heavy atom. The van der Waals surface area contributed by atoms with E-state index >= 15 is 0 Å². The van der Waals surface area contributed by atoms with Crippen LogP contribution in [0.1, 0.15) is 49.7 Å². The molecule has 5 heteroatoms. The minimum Gasteiger partial charge on any atom is -0.469 e. The number of methoxy groups -OCH3 is 1. The van der Waals surface area contributed by atoms with Crippen LogP contribution in [0.15, 0.2) is 12.1 Å². The van der Waals surface area contributed by atoms with E-state index in [0.717, 1.165) is 25.9 Å². The van der Waals surface area contributed by atoms with Gasteiger partial charge in [0.15, 0.2) is 0 Å². The Morgan fingerprint density at radius 3 is 2.45 bits per heavy atom. The summed E-state index contributed by atoms with van der Waals surface area (Å²) in [6.07, 6.45) is 1.70. The second-order valence-corrected chi connectivity index (χ2v) is 6.49. The molecule has 1 saturated heterocycles. The monoisotopic (exact) mass is 327 g/mol. The van der Waals surface area contributed by atoms with Crippen molar-refractivity contribution < 1.29 is 13.9 Å². The molecular weight excluding hydrogens is 305 g/mol. The van der Waals surface area contributed by atoms with Gasteiger partial charge in [-0.1, -0.05) is 37.6 Å². The lowest BCUT2D eigenvalue weighted by atomic mass is 9.80. The van der Waals surface area contributed by atoms with Crippen molar-refractivity contribution in [3.8, 4) is 0 Å². The SMILES string of the molecule is COC(=O)C(c1ccc(C(C)C)c(F)c1Cl)C1CCNCC1. The standard InChI is InChI=1S/C17H23ClFNO2/c1-10(2)12-4-5-13(15(18)16(12)19)14(17(21)22-3)11-6-8-20-9-7-11/h4-5,10-11,14,20H,6-9H2,1-3H3. The van der Waals surface area contributed by atoms with Crippen LogP contribution in [0, 0.1) is 11.7 Å². The van der Waals surface area contributed by atoms with E-state index in [1.807, 2.05) is 13.8 Å². The first-order valence-corrected chi connectivity index (χ1v) is 8.11. The fourth-order valence-corrected chi connectivity index (χ4v) is 3.43. The van der Waals surface area contributed by atoms with E-state index < -0.39 is 11.7 Å². The highest BCUT2D eigenvalue weighted by atomic mass is 35.5. The Hall–Kier alpha value is -1.13. The van der Waals surface area contributed by atoms with Crippen LogP contribution in [-0.2, 0) is 9.53 Å². The van der Waals surface area contributed by atoms with Crippen LogP contribution in [0.2, 0.25) is 5.02 Å². The second-order valence-electron chi connectivity index (χ2n) is 6.11. The predicted octanol–water partition coefficient (Wildman–Crippen LogP) is 3.86. The molecule has 1 fully saturated rings. The Balaban J connectivity index is 2.43. The van der Waals surface area contributed by atoms with Crippen LogP contribution in [0.25, 0.3) is 0 Å². The van der Waals surface area contributed by atoms with E-state index in [1.165, 1.54) is 7.11 Å². The summed E-state index contributed by atoms with van der Waals surface area (Å²) in [5, 5.41) is 3.32. The Bertz CT molecular complexity index is 542. The molecule has 0 bridgehead atoms. The maximum Gasteiger partial charge on any atom is 0.313 e. The number of ether oxygens (including phenoxy) is 1. The van der Waals surface area contributed by atoms with Crippen LogP contribution in [0.4, 0.5) is 4.39 Å². The molecule has 1 unspecified atom stereocenters. The number of benzene rings is 1. The molecule has 0 saturated carbocycles. The number of piperidine rings is 1. The maximum absolute atomic E-state index is 14.5. The fourth-order valence-electron chi connectivity index (χ4n) is 3.14. The zero-order valence-electron chi connectivity index (χ0n) is 13.3. The smallest absolute Gasteiger partial charge is 0.313 e. The predicted molar refractivity (Wildman–Crippen MR) is 85.8 cm³/mol. The third-order valence-electron chi connectivity index (χ3n) is 4.41. The molecule has 0 radical (unpaired) electrons. The highest BCUT2D eigenvalue weighted by molar-refractivity contribution is 6.31. The molecule has 0 spiro atoms. The second kappa shape index (κ2) is 7.42. The first-order valence-electron chi connectivity index (χ1n) is 7.73. The molecule has 0 aromatic heterocycles. The van der Waals surface area contributed by atoms with Gasteiger partial charge in [0, 0.05) is 0 Å². The summed E-state index contributed by atoms with van der Waals surface area (Å²) in [6, 6.07) is 3.52. The third kappa shape index (κ3) is 3.44. The van der Waals surface area contributed by atoms with Gasteiger partial charge in [-0.2, -0.15) is 0 Å². The minimum absolute atomic E-state index is 0.0435. The van der Waals surface area contributed by atoms with Crippen molar-refractivity contribution in [3.05, 3.63) is 34.1 Å². The summed E-state index contributed by atoms with van der Waals surface area (Å²) in [4.78, 5) is 12.3. The van der Waals surface area contributed by atoms with Crippen molar-refractivity contribution in [1.29, 1.82) is 0 Å². The number of rotatable bonds is 4. The average Bonchev–Trinajstić information content (AvgIpc) is 2.52. The number of carbonyl (C=O) groups is 1. The van der Waals surface area contributed by atoms with Crippen LogP contribution < -0.4 is 5.32 Å². The summed E-state index contributed by atoms with van der Waals surface area (Å²) in [6.45, 7) is 5.53. The van der Waals surface area contributed by atoms with E-state index in [0.29, 0.717) is 11.1 Å². The molecule has 2 rings (SSSR count). The molecular formula is C17H23ClFNO2. The number of nitrogens with one attached hydrogen (secondary N) is 1. The van der Waals surface area contributed by atoms with E-state index in [-0.39, 0.29) is 22.8 Å². The molecule has 1 atom stereocenters. The van der Waals surface area contributed by atoms with Gasteiger partial charge in [-0.25, -0.2) is 4.39 Å². The zero-order chi connectivity index (χ0) is 16.3. The number of hydrogen-bond donors (Lipinski definition) is 1. The molecule has 1 aromatic rings. The van der Waals surface area contributed by atoms with Crippen LogP contribution >= 0.6 is 11.6 Å². The average molecular weight is 328 g/mol. The fraction of sp³-hybridized carbons (Fsp3) is 0.588. The number of hydrogen-bond acceptors (Lipinski definition) is 3. The van der Waals surface area contributed by atoms with Gasteiger partial charge >= 0.3 is 5.97 Å². The van der Waals surface area contributed by atoms with Crippen molar-refractivity contribution >= 4 is 17.6 Å². The first-order chi connectivity index (χ1) is 10.5. The van der Waals surface area contributed by atoms with Crippen molar-refractivity contribution in [2.24, 2.45) is 5.92 Å². The Kier molecular flexibility index (Phi) is 5.81. The third-order valence-corrected chi connectivity index (χ3v) is 4.79. The van der Waals surface area contributed by atoms with Gasteiger partial charge in [-0.15, -0.1) is 0 Å². The van der Waals surface area contributed by atoms with Crippen molar-refractivity contribution in [3.63, 3.8) is 0 Å².